The second-order valence-corrected chi connectivity index (χ2v) is 4.78. The van der Waals surface area contributed by atoms with Crippen LogP contribution in [0.3, 0.4) is 0 Å². The lowest BCUT2D eigenvalue weighted by atomic mass is 10.1. The molecule has 1 aromatic carbocycles. The van der Waals surface area contributed by atoms with Crippen molar-refractivity contribution in [3.05, 3.63) is 35.4 Å². The second kappa shape index (κ2) is 8.00. The molecule has 0 aliphatic rings. The van der Waals surface area contributed by atoms with Gasteiger partial charge in [-0.15, -0.1) is 0 Å². The van der Waals surface area contributed by atoms with Gasteiger partial charge in [0.2, 0.25) is 0 Å². The standard InChI is InChI=1S/C16H20N2O2/c1-4-20-15-7-5-13(6-8-15)9-14(10-17)16(19)18-11-12(2)3/h5-9,12H,4,11H2,1-3H3,(H,18,19)/b14-9+. The maximum absolute atomic E-state index is 11.8. The highest BCUT2D eigenvalue weighted by atomic mass is 16.5. The fraction of sp³-hybridized carbons (Fsp3) is 0.375. The molecule has 0 aliphatic carbocycles. The summed E-state index contributed by atoms with van der Waals surface area (Å²) < 4.78 is 5.34. The number of amides is 1. The SMILES string of the molecule is CCOc1ccc(/C=C(\C#N)C(=O)NCC(C)C)cc1. The molecule has 1 rings (SSSR count). The third-order valence-corrected chi connectivity index (χ3v) is 2.54. The van der Waals surface area contributed by atoms with E-state index in [1.165, 1.54) is 0 Å². The van der Waals surface area contributed by atoms with Gasteiger partial charge in [-0.25, -0.2) is 0 Å². The summed E-state index contributed by atoms with van der Waals surface area (Å²) in [5.41, 5.74) is 0.902. The van der Waals surface area contributed by atoms with Gasteiger partial charge in [0.05, 0.1) is 6.61 Å². The molecule has 4 nitrogen and oxygen atoms in total. The number of nitrogens with zero attached hydrogens (tertiary/aromatic N) is 1. The molecule has 1 aromatic rings. The van der Waals surface area contributed by atoms with Crippen molar-refractivity contribution in [3.8, 4) is 11.8 Å². The van der Waals surface area contributed by atoms with E-state index in [2.05, 4.69) is 5.32 Å². The molecule has 0 atom stereocenters. The Morgan fingerprint density at radius 2 is 2.05 bits per heavy atom. The topological polar surface area (TPSA) is 62.1 Å². The largest absolute Gasteiger partial charge is 0.494 e. The van der Waals surface area contributed by atoms with Crippen molar-refractivity contribution in [1.29, 1.82) is 5.26 Å². The molecule has 0 aliphatic heterocycles. The summed E-state index contributed by atoms with van der Waals surface area (Å²) in [6, 6.07) is 9.20. The normalized spacial score (nSPS) is 11.1. The Balaban J connectivity index is 2.78. The van der Waals surface area contributed by atoms with Gasteiger partial charge in [-0.1, -0.05) is 26.0 Å². The average Bonchev–Trinajstić information content (AvgIpc) is 2.44. The number of carbonyl (C=O) groups is 1. The van der Waals surface area contributed by atoms with Gasteiger partial charge in [0, 0.05) is 6.54 Å². The summed E-state index contributed by atoms with van der Waals surface area (Å²) in [6.45, 7) is 7.09. The Bertz CT molecular complexity index is 510. The van der Waals surface area contributed by atoms with Crippen LogP contribution in [-0.2, 0) is 4.79 Å². The summed E-state index contributed by atoms with van der Waals surface area (Å²) in [7, 11) is 0. The van der Waals surface area contributed by atoms with Gasteiger partial charge in [0.15, 0.2) is 0 Å². The zero-order valence-corrected chi connectivity index (χ0v) is 12.1. The first kappa shape index (κ1) is 15.8. The van der Waals surface area contributed by atoms with Crippen LogP contribution in [0.2, 0.25) is 0 Å². The van der Waals surface area contributed by atoms with Crippen molar-refractivity contribution in [2.45, 2.75) is 20.8 Å². The predicted octanol–water partition coefficient (Wildman–Crippen LogP) is 2.76. The van der Waals surface area contributed by atoms with Gasteiger partial charge in [-0.2, -0.15) is 5.26 Å². The molecule has 20 heavy (non-hydrogen) atoms. The van der Waals surface area contributed by atoms with Crippen LogP contribution in [0.4, 0.5) is 0 Å². The van der Waals surface area contributed by atoms with Crippen molar-refractivity contribution in [3.63, 3.8) is 0 Å². The molecule has 1 amide bonds. The summed E-state index contributed by atoms with van der Waals surface area (Å²) in [6.07, 6.45) is 1.57. The molecule has 106 valence electrons. The minimum atomic E-state index is -0.338. The van der Waals surface area contributed by atoms with Gasteiger partial charge in [-0.3, -0.25) is 4.79 Å². The van der Waals surface area contributed by atoms with Crippen molar-refractivity contribution in [2.24, 2.45) is 5.92 Å². The van der Waals surface area contributed by atoms with Crippen LogP contribution in [0.15, 0.2) is 29.8 Å². The maximum Gasteiger partial charge on any atom is 0.261 e. The summed E-state index contributed by atoms with van der Waals surface area (Å²) in [5, 5.41) is 11.8. The van der Waals surface area contributed by atoms with Gasteiger partial charge in [0.25, 0.3) is 5.91 Å². The van der Waals surface area contributed by atoms with E-state index in [1.807, 2.05) is 51.1 Å². The zero-order chi connectivity index (χ0) is 15.0. The molecule has 0 heterocycles. The monoisotopic (exact) mass is 272 g/mol. The molecule has 0 spiro atoms. The molecule has 0 fully saturated rings. The maximum atomic E-state index is 11.8. The highest BCUT2D eigenvalue weighted by Gasteiger charge is 2.09. The van der Waals surface area contributed by atoms with E-state index in [0.717, 1.165) is 11.3 Å². The lowest BCUT2D eigenvalue weighted by molar-refractivity contribution is -0.117. The van der Waals surface area contributed by atoms with Gasteiger partial charge >= 0.3 is 0 Å². The summed E-state index contributed by atoms with van der Waals surface area (Å²) >= 11 is 0. The zero-order valence-electron chi connectivity index (χ0n) is 12.1. The Hall–Kier alpha value is -2.28. The fourth-order valence-corrected chi connectivity index (χ4v) is 1.53. The quantitative estimate of drug-likeness (QED) is 0.640. The van der Waals surface area contributed by atoms with Gasteiger partial charge < -0.3 is 10.1 Å². The van der Waals surface area contributed by atoms with Crippen LogP contribution in [-0.4, -0.2) is 19.1 Å². The number of rotatable bonds is 6. The van der Waals surface area contributed by atoms with Crippen LogP contribution in [0, 0.1) is 17.2 Å². The average molecular weight is 272 g/mol. The number of nitriles is 1. The van der Waals surface area contributed by atoms with E-state index in [1.54, 1.807) is 6.08 Å². The molecule has 0 saturated heterocycles. The van der Waals surface area contributed by atoms with E-state index in [9.17, 15) is 4.79 Å². The van der Waals surface area contributed by atoms with Crippen LogP contribution in [0.1, 0.15) is 26.3 Å². The van der Waals surface area contributed by atoms with Crippen molar-refractivity contribution < 1.29 is 9.53 Å². The Morgan fingerprint density at radius 1 is 1.40 bits per heavy atom. The van der Waals surface area contributed by atoms with Crippen molar-refractivity contribution >= 4 is 12.0 Å². The Labute approximate surface area is 120 Å². The highest BCUT2D eigenvalue weighted by molar-refractivity contribution is 6.01. The molecule has 0 radical (unpaired) electrons. The first-order valence-corrected chi connectivity index (χ1v) is 6.69. The molecule has 0 bridgehead atoms. The first-order valence-electron chi connectivity index (χ1n) is 6.69. The number of hydrogen-bond acceptors (Lipinski definition) is 3. The van der Waals surface area contributed by atoms with E-state index in [4.69, 9.17) is 10.00 Å². The first-order chi connectivity index (χ1) is 9.56. The minimum absolute atomic E-state index is 0.106. The highest BCUT2D eigenvalue weighted by Crippen LogP contribution is 2.14. The van der Waals surface area contributed by atoms with E-state index in [0.29, 0.717) is 19.1 Å². The van der Waals surface area contributed by atoms with Crippen LogP contribution in [0.5, 0.6) is 5.75 Å². The molecule has 4 heteroatoms. The molecular formula is C16H20N2O2. The number of carbonyl (C=O) groups excluding carboxylic acids is 1. The van der Waals surface area contributed by atoms with Gasteiger partial charge in [0.1, 0.15) is 17.4 Å². The Kier molecular flexibility index (Phi) is 6.31. The predicted molar refractivity (Wildman–Crippen MR) is 79.0 cm³/mol. The van der Waals surface area contributed by atoms with Crippen LogP contribution >= 0.6 is 0 Å². The van der Waals surface area contributed by atoms with Crippen molar-refractivity contribution in [1.82, 2.24) is 5.32 Å². The third-order valence-electron chi connectivity index (χ3n) is 2.54. The lowest BCUT2D eigenvalue weighted by Gasteiger charge is -2.07. The Morgan fingerprint density at radius 3 is 2.55 bits per heavy atom. The number of ether oxygens (including phenoxy) is 1. The van der Waals surface area contributed by atoms with Gasteiger partial charge in [-0.05, 0) is 36.6 Å². The second-order valence-electron chi connectivity index (χ2n) is 4.78. The number of hydrogen-bond donors (Lipinski definition) is 1. The van der Waals surface area contributed by atoms with Crippen LogP contribution < -0.4 is 10.1 Å². The van der Waals surface area contributed by atoms with E-state index in [-0.39, 0.29) is 11.5 Å². The molecular weight excluding hydrogens is 252 g/mol. The molecule has 0 saturated carbocycles. The van der Waals surface area contributed by atoms with Crippen LogP contribution in [0.25, 0.3) is 6.08 Å². The number of nitrogens with one attached hydrogen (secondary N) is 1. The lowest BCUT2D eigenvalue weighted by Crippen LogP contribution is -2.28. The smallest absolute Gasteiger partial charge is 0.261 e. The molecule has 0 aromatic heterocycles. The van der Waals surface area contributed by atoms with E-state index >= 15 is 0 Å². The minimum Gasteiger partial charge on any atom is -0.494 e. The molecule has 0 unspecified atom stereocenters. The molecule has 1 N–H and O–H groups in total. The summed E-state index contributed by atoms with van der Waals surface area (Å²) in [5.74, 6) is 0.784. The third kappa shape index (κ3) is 5.15. The van der Waals surface area contributed by atoms with Crippen molar-refractivity contribution in [2.75, 3.05) is 13.2 Å². The number of benzene rings is 1. The van der Waals surface area contributed by atoms with E-state index < -0.39 is 0 Å². The fourth-order valence-electron chi connectivity index (χ4n) is 1.53. The summed E-state index contributed by atoms with van der Waals surface area (Å²) in [4.78, 5) is 11.8.